The second-order valence-corrected chi connectivity index (χ2v) is 14.1. The molecule has 0 aliphatic heterocycles. The molecule has 0 amide bonds. The van der Waals surface area contributed by atoms with Gasteiger partial charge in [0, 0.05) is 21.5 Å². The molecule has 0 radical (unpaired) electrons. The number of fused-ring (bicyclic) bond motifs is 6. The first kappa shape index (κ1) is 34.3. The van der Waals surface area contributed by atoms with Crippen LogP contribution in [0.2, 0.25) is 0 Å². The van der Waals surface area contributed by atoms with Gasteiger partial charge in [-0.15, -0.1) is 0 Å². The van der Waals surface area contributed by atoms with E-state index in [2.05, 4.69) is 38.1 Å². The van der Waals surface area contributed by atoms with Crippen molar-refractivity contribution in [3.8, 4) is 0 Å². The van der Waals surface area contributed by atoms with E-state index in [0.717, 1.165) is 79.9 Å². The highest BCUT2D eigenvalue weighted by Gasteiger charge is 2.25. The Labute approximate surface area is 277 Å². The van der Waals surface area contributed by atoms with Crippen LogP contribution in [0.4, 0.5) is 0 Å². The molecule has 0 fully saturated rings. The lowest BCUT2D eigenvalue weighted by Crippen LogP contribution is -2.05. The van der Waals surface area contributed by atoms with Crippen molar-refractivity contribution in [2.24, 2.45) is 0 Å². The number of benzene rings is 3. The van der Waals surface area contributed by atoms with Crippen molar-refractivity contribution >= 4 is 43.1 Å². The molecule has 0 atom stereocenters. The monoisotopic (exact) mass is 618 g/mol. The summed E-state index contributed by atoms with van der Waals surface area (Å²) >= 11 is 0. The minimum absolute atomic E-state index is 0.164. The largest absolute Gasteiger partial charge is 0.289 e. The van der Waals surface area contributed by atoms with Gasteiger partial charge in [0.15, 0.2) is 10.9 Å². The van der Waals surface area contributed by atoms with Gasteiger partial charge in [-0.25, -0.2) is 0 Å². The SMILES string of the molecule is CCCCCCCCCCCCc1c2c(=O)c3ccccc3c2c(CCCCCCCCCCCC)c2c(=O)c3ccccc3c12. The zero-order chi connectivity index (χ0) is 32.1. The smallest absolute Gasteiger partial charge is 0.194 e. The second-order valence-electron chi connectivity index (χ2n) is 14.1. The summed E-state index contributed by atoms with van der Waals surface area (Å²) in [6.07, 6.45) is 27.5. The molecule has 0 saturated carbocycles. The third-order valence-corrected chi connectivity index (χ3v) is 10.6. The van der Waals surface area contributed by atoms with Crippen LogP contribution in [0.5, 0.6) is 0 Å². The second kappa shape index (κ2) is 17.8. The predicted octanol–water partition coefficient (Wildman–Crippen LogP) is 12.8. The molecule has 0 aliphatic carbocycles. The summed E-state index contributed by atoms with van der Waals surface area (Å²) < 4.78 is 0. The highest BCUT2D eigenvalue weighted by Crippen LogP contribution is 2.40. The van der Waals surface area contributed by atoms with Crippen molar-refractivity contribution in [2.75, 3.05) is 0 Å². The first-order valence-corrected chi connectivity index (χ1v) is 19.2. The van der Waals surface area contributed by atoms with Crippen molar-refractivity contribution in [1.29, 1.82) is 0 Å². The normalized spacial score (nSPS) is 12.0. The van der Waals surface area contributed by atoms with E-state index in [4.69, 9.17) is 0 Å². The van der Waals surface area contributed by atoms with Crippen LogP contribution in [0.25, 0.3) is 43.1 Å². The van der Waals surface area contributed by atoms with Crippen LogP contribution in [0, 0.1) is 0 Å². The fourth-order valence-corrected chi connectivity index (χ4v) is 8.10. The topological polar surface area (TPSA) is 34.1 Å². The van der Waals surface area contributed by atoms with Crippen LogP contribution >= 0.6 is 0 Å². The van der Waals surface area contributed by atoms with Crippen molar-refractivity contribution in [3.05, 3.63) is 80.1 Å². The summed E-state index contributed by atoms with van der Waals surface area (Å²) in [6.45, 7) is 4.55. The first-order chi connectivity index (χ1) is 22.7. The van der Waals surface area contributed by atoms with E-state index < -0.39 is 0 Å². The summed E-state index contributed by atoms with van der Waals surface area (Å²) in [6, 6.07) is 16.3. The van der Waals surface area contributed by atoms with Crippen LogP contribution in [0.15, 0.2) is 58.1 Å². The molecule has 5 aromatic rings. The molecule has 0 heterocycles. The summed E-state index contributed by atoms with van der Waals surface area (Å²) in [7, 11) is 0. The third kappa shape index (κ3) is 7.92. The number of rotatable bonds is 22. The maximum atomic E-state index is 14.2. The van der Waals surface area contributed by atoms with Crippen molar-refractivity contribution in [2.45, 2.75) is 155 Å². The fourth-order valence-electron chi connectivity index (χ4n) is 8.10. The van der Waals surface area contributed by atoms with E-state index >= 15 is 0 Å². The number of unbranched alkanes of at least 4 members (excludes halogenated alkanes) is 18. The van der Waals surface area contributed by atoms with Crippen LogP contribution in [-0.2, 0) is 12.8 Å². The molecule has 0 unspecified atom stereocenters. The van der Waals surface area contributed by atoms with Gasteiger partial charge in [-0.05, 0) is 58.4 Å². The van der Waals surface area contributed by atoms with E-state index in [-0.39, 0.29) is 10.9 Å². The standard InChI is InChI=1S/C44H58O2/c1-3-5-7-9-11-13-15-17-19-21-31-37-39-33-27-23-25-29-35(33)44(46)42(39)38(32-22-20-18-16-14-12-10-8-6-4-2)40-34-28-24-26-30-36(34)43(45)41(37)40/h23-30H,3-22,31-32H2,1-2H3. The number of hydrogen-bond donors (Lipinski definition) is 0. The molecule has 0 bridgehead atoms. The maximum Gasteiger partial charge on any atom is 0.194 e. The number of hydrogen-bond acceptors (Lipinski definition) is 2. The van der Waals surface area contributed by atoms with Gasteiger partial charge in [-0.3, -0.25) is 9.59 Å². The highest BCUT2D eigenvalue weighted by atomic mass is 16.1. The molecule has 0 spiro atoms. The average molecular weight is 619 g/mol. The molecular formula is C44H58O2. The number of aryl methyl sites for hydroxylation is 2. The van der Waals surface area contributed by atoms with Gasteiger partial charge in [0.25, 0.3) is 0 Å². The van der Waals surface area contributed by atoms with E-state index in [9.17, 15) is 9.59 Å². The van der Waals surface area contributed by atoms with Gasteiger partial charge < -0.3 is 0 Å². The summed E-state index contributed by atoms with van der Waals surface area (Å²) in [5, 5.41) is 7.69. The summed E-state index contributed by atoms with van der Waals surface area (Å²) in [5.41, 5.74) is 2.60. The summed E-state index contributed by atoms with van der Waals surface area (Å²) in [5.74, 6) is 0. The van der Waals surface area contributed by atoms with E-state index in [1.54, 1.807) is 0 Å². The molecule has 2 nitrogen and oxygen atoms in total. The minimum Gasteiger partial charge on any atom is -0.289 e. The van der Waals surface area contributed by atoms with Gasteiger partial charge in [0.05, 0.1) is 0 Å². The molecule has 0 N–H and O–H groups in total. The Kier molecular flexibility index (Phi) is 13.3. The molecule has 5 rings (SSSR count). The third-order valence-electron chi connectivity index (χ3n) is 10.6. The Bertz CT molecular complexity index is 1640. The Morgan fingerprint density at radius 3 is 0.957 bits per heavy atom. The van der Waals surface area contributed by atoms with Crippen LogP contribution in [0.3, 0.4) is 0 Å². The van der Waals surface area contributed by atoms with Crippen LogP contribution in [0.1, 0.15) is 153 Å². The van der Waals surface area contributed by atoms with E-state index in [1.807, 2.05) is 24.3 Å². The van der Waals surface area contributed by atoms with Crippen molar-refractivity contribution in [3.63, 3.8) is 0 Å². The zero-order valence-corrected chi connectivity index (χ0v) is 29.0. The lowest BCUT2D eigenvalue weighted by atomic mass is 9.89. The summed E-state index contributed by atoms with van der Waals surface area (Å²) in [4.78, 5) is 28.4. The van der Waals surface area contributed by atoms with Gasteiger partial charge in [-0.1, -0.05) is 178 Å². The first-order valence-electron chi connectivity index (χ1n) is 19.2. The Balaban J connectivity index is 1.41. The Morgan fingerprint density at radius 2 is 0.630 bits per heavy atom. The van der Waals surface area contributed by atoms with Gasteiger partial charge in [0.2, 0.25) is 0 Å². The molecule has 0 aromatic heterocycles. The van der Waals surface area contributed by atoms with Crippen LogP contribution < -0.4 is 10.9 Å². The quantitative estimate of drug-likeness (QED) is 0.0723. The lowest BCUT2D eigenvalue weighted by Gasteiger charge is -2.13. The molecule has 2 heteroatoms. The van der Waals surface area contributed by atoms with Crippen molar-refractivity contribution < 1.29 is 0 Å². The predicted molar refractivity (Wildman–Crippen MR) is 202 cm³/mol. The lowest BCUT2D eigenvalue weighted by molar-refractivity contribution is 0.556. The van der Waals surface area contributed by atoms with Gasteiger partial charge in [0.1, 0.15) is 0 Å². The molecule has 5 aromatic carbocycles. The average Bonchev–Trinajstić information content (AvgIpc) is 3.55. The van der Waals surface area contributed by atoms with E-state index in [1.165, 1.54) is 116 Å². The molecule has 0 aliphatic rings. The van der Waals surface area contributed by atoms with Gasteiger partial charge >= 0.3 is 0 Å². The van der Waals surface area contributed by atoms with Crippen molar-refractivity contribution in [1.82, 2.24) is 0 Å². The molecular weight excluding hydrogens is 560 g/mol. The zero-order valence-electron chi connectivity index (χ0n) is 29.0. The molecule has 46 heavy (non-hydrogen) atoms. The van der Waals surface area contributed by atoms with E-state index in [0.29, 0.717) is 0 Å². The highest BCUT2D eigenvalue weighted by molar-refractivity contribution is 6.25. The molecule has 246 valence electrons. The Morgan fingerprint density at radius 1 is 0.348 bits per heavy atom. The Hall–Kier alpha value is -3.00. The minimum atomic E-state index is 0.164. The molecule has 0 saturated heterocycles. The fraction of sp³-hybridized carbons (Fsp3) is 0.545. The maximum absolute atomic E-state index is 14.2. The van der Waals surface area contributed by atoms with Crippen LogP contribution in [-0.4, -0.2) is 0 Å². The van der Waals surface area contributed by atoms with Gasteiger partial charge in [-0.2, -0.15) is 0 Å².